The molecule has 0 amide bonds. The van der Waals surface area contributed by atoms with Crippen LogP contribution in [-0.2, 0) is 0 Å². The number of nitrogens with zero attached hydrogens (tertiary/aromatic N) is 1. The lowest BCUT2D eigenvalue weighted by Gasteiger charge is -2.45. The Hall–Kier alpha value is -0.410. The van der Waals surface area contributed by atoms with Crippen molar-refractivity contribution >= 4 is 0 Å². The van der Waals surface area contributed by atoms with Crippen molar-refractivity contribution in [2.24, 2.45) is 17.8 Å². The average Bonchev–Trinajstić information content (AvgIpc) is 3.23. The van der Waals surface area contributed by atoms with E-state index in [1.807, 2.05) is 0 Å². The average molecular weight is 446 g/mol. The maximum Gasteiger partial charge on any atom is 0.248 e. The molecule has 4 aliphatic rings. The molecular formula is C23H42F3N5. The number of rotatable bonds is 6. The highest BCUT2D eigenvalue weighted by atomic mass is 19.3. The van der Waals surface area contributed by atoms with Gasteiger partial charge < -0.3 is 5.32 Å². The van der Waals surface area contributed by atoms with Crippen LogP contribution in [0.4, 0.5) is 13.2 Å². The molecule has 1 aliphatic carbocycles. The molecule has 31 heavy (non-hydrogen) atoms. The highest BCUT2D eigenvalue weighted by Crippen LogP contribution is 2.42. The second-order valence-corrected chi connectivity index (χ2v) is 10.6. The number of likely N-dealkylation sites (tertiary alicyclic amines) is 1. The van der Waals surface area contributed by atoms with Gasteiger partial charge in [-0.05, 0) is 83.6 Å². The van der Waals surface area contributed by atoms with Crippen molar-refractivity contribution in [2.75, 3.05) is 26.3 Å². The first-order valence-corrected chi connectivity index (χ1v) is 12.5. The van der Waals surface area contributed by atoms with Crippen LogP contribution in [0, 0.1) is 17.8 Å². The predicted octanol–water partition coefficient (Wildman–Crippen LogP) is 3.03. The standard InChI is InChI=1S/C23H42F3N5/c1-15-5-6-16(12-27-15)13-28-21-20(24)22(30-14-29-21)31-11-3-4-19(31)17-7-9-18(10-8-17)23(2,25)26/h15-22,27-30H,3-14H2,1-2H3. The van der Waals surface area contributed by atoms with Crippen LogP contribution in [0.15, 0.2) is 0 Å². The Morgan fingerprint density at radius 1 is 1.00 bits per heavy atom. The summed E-state index contributed by atoms with van der Waals surface area (Å²) in [5, 5.41) is 13.6. The molecule has 0 spiro atoms. The molecule has 4 rings (SSSR count). The van der Waals surface area contributed by atoms with E-state index in [-0.39, 0.29) is 12.3 Å². The van der Waals surface area contributed by atoms with E-state index in [1.54, 1.807) is 0 Å². The minimum absolute atomic E-state index is 0.305. The van der Waals surface area contributed by atoms with Crippen LogP contribution in [0.1, 0.15) is 65.2 Å². The van der Waals surface area contributed by atoms with E-state index >= 15 is 4.39 Å². The van der Waals surface area contributed by atoms with Crippen LogP contribution in [0.2, 0.25) is 0 Å². The van der Waals surface area contributed by atoms with Gasteiger partial charge >= 0.3 is 0 Å². The van der Waals surface area contributed by atoms with Gasteiger partial charge in [0.1, 0.15) is 0 Å². The summed E-state index contributed by atoms with van der Waals surface area (Å²) in [7, 11) is 0. The van der Waals surface area contributed by atoms with Crippen LogP contribution in [0.3, 0.4) is 0 Å². The first kappa shape index (κ1) is 23.7. The van der Waals surface area contributed by atoms with E-state index in [0.29, 0.717) is 43.4 Å². The maximum atomic E-state index is 15.6. The lowest BCUT2D eigenvalue weighted by molar-refractivity contribution is -0.0653. The van der Waals surface area contributed by atoms with Crippen molar-refractivity contribution in [1.29, 1.82) is 0 Å². The van der Waals surface area contributed by atoms with Gasteiger partial charge in [-0.1, -0.05) is 0 Å². The fourth-order valence-corrected chi connectivity index (χ4v) is 6.37. The Labute approximate surface area is 185 Å². The molecule has 4 N–H and O–H groups in total. The van der Waals surface area contributed by atoms with Gasteiger partial charge in [0, 0.05) is 37.8 Å². The third-order valence-electron chi connectivity index (χ3n) is 8.37. The number of halogens is 3. The fraction of sp³-hybridized carbons (Fsp3) is 1.00. The van der Waals surface area contributed by atoms with E-state index in [9.17, 15) is 8.78 Å². The topological polar surface area (TPSA) is 51.4 Å². The number of hydrogen-bond acceptors (Lipinski definition) is 5. The molecule has 0 radical (unpaired) electrons. The summed E-state index contributed by atoms with van der Waals surface area (Å²) in [5.74, 6) is -2.11. The molecule has 180 valence electrons. The molecule has 5 nitrogen and oxygen atoms in total. The van der Waals surface area contributed by atoms with Gasteiger partial charge in [-0.3, -0.25) is 20.9 Å². The molecule has 1 saturated carbocycles. The Bertz CT molecular complexity index is 558. The van der Waals surface area contributed by atoms with Gasteiger partial charge in [0.25, 0.3) is 0 Å². The summed E-state index contributed by atoms with van der Waals surface area (Å²) >= 11 is 0. The first-order valence-electron chi connectivity index (χ1n) is 12.5. The number of nitrogens with one attached hydrogen (secondary N) is 4. The van der Waals surface area contributed by atoms with Crippen LogP contribution in [-0.4, -0.2) is 67.7 Å². The van der Waals surface area contributed by atoms with Crippen molar-refractivity contribution < 1.29 is 13.2 Å². The smallest absolute Gasteiger partial charge is 0.248 e. The van der Waals surface area contributed by atoms with E-state index in [0.717, 1.165) is 52.2 Å². The van der Waals surface area contributed by atoms with Gasteiger partial charge in [0.15, 0.2) is 6.17 Å². The van der Waals surface area contributed by atoms with Gasteiger partial charge in [-0.15, -0.1) is 0 Å². The SMILES string of the molecule is CC1CCC(CNC2NCNC(N3CCCC3C3CCC(C(C)(F)F)CC3)C2F)CN1. The molecule has 3 saturated heterocycles. The second kappa shape index (κ2) is 10.2. The van der Waals surface area contributed by atoms with Crippen LogP contribution < -0.4 is 21.3 Å². The van der Waals surface area contributed by atoms with Gasteiger partial charge in [0.05, 0.1) is 12.3 Å². The fourth-order valence-electron chi connectivity index (χ4n) is 6.37. The van der Waals surface area contributed by atoms with E-state index in [2.05, 4.69) is 33.1 Å². The van der Waals surface area contributed by atoms with Gasteiger partial charge in [-0.25, -0.2) is 13.2 Å². The highest BCUT2D eigenvalue weighted by molar-refractivity contribution is 4.97. The lowest BCUT2D eigenvalue weighted by Crippen LogP contribution is -2.69. The van der Waals surface area contributed by atoms with Gasteiger partial charge in [0.2, 0.25) is 5.92 Å². The largest absolute Gasteiger partial charge is 0.314 e. The Balaban J connectivity index is 1.30. The number of piperidine rings is 1. The minimum Gasteiger partial charge on any atom is -0.314 e. The monoisotopic (exact) mass is 445 g/mol. The molecule has 3 aliphatic heterocycles. The van der Waals surface area contributed by atoms with Crippen LogP contribution in [0.25, 0.3) is 0 Å². The summed E-state index contributed by atoms with van der Waals surface area (Å²) < 4.78 is 43.0. The minimum atomic E-state index is -2.58. The van der Waals surface area contributed by atoms with E-state index < -0.39 is 18.0 Å². The van der Waals surface area contributed by atoms with E-state index in [4.69, 9.17) is 0 Å². The first-order chi connectivity index (χ1) is 14.8. The van der Waals surface area contributed by atoms with Gasteiger partial charge in [-0.2, -0.15) is 0 Å². The Morgan fingerprint density at radius 2 is 1.77 bits per heavy atom. The molecule has 0 aromatic carbocycles. The van der Waals surface area contributed by atoms with Crippen LogP contribution >= 0.6 is 0 Å². The predicted molar refractivity (Wildman–Crippen MR) is 118 cm³/mol. The molecule has 6 unspecified atom stereocenters. The molecule has 8 heteroatoms. The third-order valence-corrected chi connectivity index (χ3v) is 8.37. The summed E-state index contributed by atoms with van der Waals surface area (Å²) in [6.45, 7) is 6.57. The summed E-state index contributed by atoms with van der Waals surface area (Å²) in [5.41, 5.74) is 0. The molecule has 0 aromatic rings. The maximum absolute atomic E-state index is 15.6. The third kappa shape index (κ3) is 5.75. The van der Waals surface area contributed by atoms with E-state index in [1.165, 1.54) is 12.8 Å². The molecule has 0 bridgehead atoms. The second-order valence-electron chi connectivity index (χ2n) is 10.6. The van der Waals surface area contributed by atoms with Crippen molar-refractivity contribution in [2.45, 2.75) is 102 Å². The Morgan fingerprint density at radius 3 is 2.45 bits per heavy atom. The Kier molecular flexibility index (Phi) is 7.84. The summed E-state index contributed by atoms with van der Waals surface area (Å²) in [4.78, 5) is 2.32. The molecule has 4 fully saturated rings. The number of hydrogen-bond donors (Lipinski definition) is 4. The molecule has 0 aromatic heterocycles. The molecule has 3 heterocycles. The molecule has 6 atom stereocenters. The van der Waals surface area contributed by atoms with Crippen molar-refractivity contribution in [1.82, 2.24) is 26.2 Å². The van der Waals surface area contributed by atoms with Crippen molar-refractivity contribution in [3.63, 3.8) is 0 Å². The lowest BCUT2D eigenvalue weighted by atomic mass is 9.75. The van der Waals surface area contributed by atoms with Crippen molar-refractivity contribution in [3.05, 3.63) is 0 Å². The van der Waals surface area contributed by atoms with Crippen LogP contribution in [0.5, 0.6) is 0 Å². The molecular weight excluding hydrogens is 403 g/mol. The normalized spacial score (nSPS) is 43.3. The zero-order valence-electron chi connectivity index (χ0n) is 19.2. The zero-order chi connectivity index (χ0) is 22.0. The highest BCUT2D eigenvalue weighted by Gasteiger charge is 2.45. The van der Waals surface area contributed by atoms with Crippen molar-refractivity contribution in [3.8, 4) is 0 Å². The summed E-state index contributed by atoms with van der Waals surface area (Å²) in [6, 6.07) is 0.891. The zero-order valence-corrected chi connectivity index (χ0v) is 19.2. The summed E-state index contributed by atoms with van der Waals surface area (Å²) in [6.07, 6.45) is 5.65. The number of alkyl halides is 3. The quantitative estimate of drug-likeness (QED) is 0.506.